The molecule has 0 saturated heterocycles. The first kappa shape index (κ1) is 11.3. The van der Waals surface area contributed by atoms with Crippen LogP contribution in [0.2, 0.25) is 0 Å². The highest BCUT2D eigenvalue weighted by Gasteiger charge is 2.22. The van der Waals surface area contributed by atoms with Crippen molar-refractivity contribution in [2.75, 3.05) is 0 Å². The second-order valence-corrected chi connectivity index (χ2v) is 5.98. The lowest BCUT2D eigenvalue weighted by Crippen LogP contribution is -2.12. The maximum atomic E-state index is 12.9. The lowest BCUT2D eigenvalue weighted by molar-refractivity contribution is 1.32. The Morgan fingerprint density at radius 1 is 0.609 bits per heavy atom. The van der Waals surface area contributed by atoms with Crippen LogP contribution >= 0.6 is 0 Å². The van der Waals surface area contributed by atoms with E-state index in [9.17, 15) is 9.59 Å². The second-order valence-electron chi connectivity index (χ2n) is 5.98. The third-order valence-electron chi connectivity index (χ3n) is 4.93. The van der Waals surface area contributed by atoms with Gasteiger partial charge in [-0.15, -0.1) is 0 Å². The fraction of sp³-hybridized carbons (Fsp3) is 0. The van der Waals surface area contributed by atoms with E-state index >= 15 is 0 Å². The summed E-state index contributed by atoms with van der Waals surface area (Å²) in [4.78, 5) is 30.0. The molecule has 0 unspecified atom stereocenters. The predicted molar refractivity (Wildman–Crippen MR) is 91.3 cm³/mol. The van der Waals surface area contributed by atoms with Crippen LogP contribution in [0.5, 0.6) is 0 Å². The van der Waals surface area contributed by atoms with Crippen molar-refractivity contribution < 1.29 is 0 Å². The van der Waals surface area contributed by atoms with E-state index in [1.165, 1.54) is 0 Å². The number of nitrogens with zero attached hydrogens (tertiary/aromatic N) is 2. The number of aromatic nitrogens is 2. The van der Waals surface area contributed by atoms with Crippen LogP contribution in [-0.2, 0) is 0 Å². The molecule has 0 N–H and O–H groups in total. The Morgan fingerprint density at radius 3 is 1.78 bits per heavy atom. The molecule has 0 aliphatic carbocycles. The van der Waals surface area contributed by atoms with Gasteiger partial charge < -0.3 is 4.40 Å². The first-order valence-corrected chi connectivity index (χ1v) is 7.41. The van der Waals surface area contributed by atoms with Gasteiger partial charge in [-0.3, -0.25) is 14.6 Å². The van der Waals surface area contributed by atoms with Crippen LogP contribution in [0.1, 0.15) is 0 Å². The van der Waals surface area contributed by atoms with Gasteiger partial charge in [-0.25, -0.2) is 0 Å². The summed E-state index contributed by atoms with van der Waals surface area (Å²) in [5, 5.41) is 4.34. The zero-order valence-electron chi connectivity index (χ0n) is 11.8. The van der Waals surface area contributed by atoms with Crippen molar-refractivity contribution in [1.29, 1.82) is 0 Å². The van der Waals surface area contributed by atoms with E-state index < -0.39 is 0 Å². The van der Waals surface area contributed by atoms with Gasteiger partial charge >= 0.3 is 0 Å². The van der Waals surface area contributed by atoms with Gasteiger partial charge in [0.1, 0.15) is 0 Å². The first-order chi connectivity index (χ1) is 11.3. The van der Waals surface area contributed by atoms with Gasteiger partial charge in [-0.1, -0.05) is 18.2 Å². The molecule has 0 fully saturated rings. The standard InChI is InChI=1S/C19H8N2O2/c22-18-10-4-1-3-9-13-7-20-8-14-17(13)21(15(9)10)16-11(18)5-2-6-12(16)19(14)23/h1-8H. The number of para-hydroxylation sites is 2. The summed E-state index contributed by atoms with van der Waals surface area (Å²) in [6.07, 6.45) is 3.40. The molecule has 106 valence electrons. The summed E-state index contributed by atoms with van der Waals surface area (Å²) in [5.41, 5.74) is 2.38. The van der Waals surface area contributed by atoms with Gasteiger partial charge in [0.2, 0.25) is 0 Å². The van der Waals surface area contributed by atoms with Crippen molar-refractivity contribution in [2.45, 2.75) is 0 Å². The Bertz CT molecular complexity index is 1390. The molecule has 0 aliphatic rings. The SMILES string of the molecule is O=c1c2cccc3c(=O)c4cncc5c6cccc1c6n(c23)c45. The first-order valence-electron chi connectivity index (χ1n) is 7.41. The van der Waals surface area contributed by atoms with Crippen LogP contribution in [0, 0.1) is 0 Å². The number of hydrogen-bond donors (Lipinski definition) is 0. The maximum absolute atomic E-state index is 12.9. The van der Waals surface area contributed by atoms with E-state index in [0.717, 1.165) is 27.3 Å². The summed E-state index contributed by atoms with van der Waals surface area (Å²) in [5.74, 6) is 0. The summed E-state index contributed by atoms with van der Waals surface area (Å²) in [6, 6.07) is 11.1. The molecule has 4 nitrogen and oxygen atoms in total. The molecule has 0 aliphatic heterocycles. The molecular formula is C19H8N2O2. The normalized spacial score (nSPS) is 12.7. The Kier molecular flexibility index (Phi) is 1.66. The van der Waals surface area contributed by atoms with Crippen molar-refractivity contribution in [3.8, 4) is 0 Å². The van der Waals surface area contributed by atoms with E-state index in [1.54, 1.807) is 30.6 Å². The number of pyridine rings is 3. The van der Waals surface area contributed by atoms with Gasteiger partial charge in [0.05, 0.1) is 21.9 Å². The fourth-order valence-corrected chi connectivity index (χ4v) is 4.02. The minimum atomic E-state index is -0.0634. The average molecular weight is 296 g/mol. The number of fused-ring (bicyclic) bond motifs is 1. The Labute approximate surface area is 128 Å². The quantitative estimate of drug-likeness (QED) is 0.320. The minimum Gasteiger partial charge on any atom is -0.306 e. The molecule has 0 atom stereocenters. The molecule has 6 rings (SSSR count). The molecule has 4 heterocycles. The Morgan fingerprint density at radius 2 is 1.09 bits per heavy atom. The van der Waals surface area contributed by atoms with E-state index in [-0.39, 0.29) is 10.9 Å². The lowest BCUT2D eigenvalue weighted by atomic mass is 10.1. The molecule has 23 heavy (non-hydrogen) atoms. The maximum Gasteiger partial charge on any atom is 0.198 e. The van der Waals surface area contributed by atoms with Crippen LogP contribution < -0.4 is 10.9 Å². The summed E-state index contributed by atoms with van der Waals surface area (Å²) in [6.45, 7) is 0. The summed E-state index contributed by atoms with van der Waals surface area (Å²) >= 11 is 0. The molecule has 4 aromatic heterocycles. The van der Waals surface area contributed by atoms with Crippen molar-refractivity contribution in [2.24, 2.45) is 0 Å². The highest BCUT2D eigenvalue weighted by atomic mass is 16.1. The van der Waals surface area contributed by atoms with Gasteiger partial charge in [-0.2, -0.15) is 0 Å². The molecular weight excluding hydrogens is 288 g/mol. The molecule has 0 saturated carbocycles. The largest absolute Gasteiger partial charge is 0.306 e. The van der Waals surface area contributed by atoms with Gasteiger partial charge in [-0.05, 0) is 18.2 Å². The third kappa shape index (κ3) is 1.05. The monoisotopic (exact) mass is 296 g/mol. The molecule has 6 aromatic rings. The van der Waals surface area contributed by atoms with Gasteiger partial charge in [0.15, 0.2) is 10.9 Å². The number of rotatable bonds is 0. The zero-order chi connectivity index (χ0) is 15.3. The summed E-state index contributed by atoms with van der Waals surface area (Å²) < 4.78 is 2.07. The second kappa shape index (κ2) is 3.38. The minimum absolute atomic E-state index is 0.0213. The molecule has 4 heteroatoms. The number of benzene rings is 2. The van der Waals surface area contributed by atoms with Gasteiger partial charge in [0.25, 0.3) is 0 Å². The van der Waals surface area contributed by atoms with Crippen LogP contribution in [0.3, 0.4) is 0 Å². The lowest BCUT2D eigenvalue weighted by Gasteiger charge is -2.10. The van der Waals surface area contributed by atoms with Crippen LogP contribution in [-0.4, -0.2) is 9.38 Å². The molecule has 0 radical (unpaired) electrons. The zero-order valence-corrected chi connectivity index (χ0v) is 11.8. The van der Waals surface area contributed by atoms with Crippen LogP contribution in [0.25, 0.3) is 48.9 Å². The van der Waals surface area contributed by atoms with E-state index in [0.29, 0.717) is 21.5 Å². The average Bonchev–Trinajstić information content (AvgIpc) is 2.93. The van der Waals surface area contributed by atoms with Crippen molar-refractivity contribution in [1.82, 2.24) is 9.38 Å². The topological polar surface area (TPSA) is 51.4 Å². The van der Waals surface area contributed by atoms with Gasteiger partial charge in [0, 0.05) is 39.3 Å². The third-order valence-corrected chi connectivity index (χ3v) is 4.93. The smallest absolute Gasteiger partial charge is 0.198 e. The molecule has 0 bridgehead atoms. The molecule has 0 spiro atoms. The van der Waals surface area contributed by atoms with Crippen LogP contribution in [0.15, 0.2) is 58.4 Å². The Hall–Kier alpha value is -3.27. The van der Waals surface area contributed by atoms with Crippen molar-refractivity contribution >= 4 is 48.9 Å². The van der Waals surface area contributed by atoms with Crippen LogP contribution in [0.4, 0.5) is 0 Å². The van der Waals surface area contributed by atoms with E-state index in [4.69, 9.17) is 0 Å². The predicted octanol–water partition coefficient (Wildman–Crippen LogP) is 2.98. The highest BCUT2D eigenvalue weighted by molar-refractivity contribution is 6.23. The molecule has 2 aromatic carbocycles. The summed E-state index contributed by atoms with van der Waals surface area (Å²) in [7, 11) is 0. The van der Waals surface area contributed by atoms with Crippen molar-refractivity contribution in [3.63, 3.8) is 0 Å². The Balaban J connectivity index is 2.30. The number of hydrogen-bond acceptors (Lipinski definition) is 3. The fourth-order valence-electron chi connectivity index (χ4n) is 4.02. The van der Waals surface area contributed by atoms with E-state index in [1.807, 2.05) is 18.2 Å². The van der Waals surface area contributed by atoms with Crippen molar-refractivity contribution in [3.05, 3.63) is 69.2 Å². The van der Waals surface area contributed by atoms with E-state index in [2.05, 4.69) is 9.38 Å². The molecule has 0 amide bonds. The highest BCUT2D eigenvalue weighted by Crippen LogP contribution is 2.36.